The van der Waals surface area contributed by atoms with Crippen LogP contribution in [0.25, 0.3) is 0 Å². The maximum absolute atomic E-state index is 12.5. The number of nitro groups is 1. The van der Waals surface area contributed by atoms with E-state index in [0.29, 0.717) is 18.7 Å². The number of benzene rings is 2. The Morgan fingerprint density at radius 2 is 1.94 bits per heavy atom. The zero-order valence-electron chi connectivity index (χ0n) is 17.4. The Morgan fingerprint density at radius 3 is 2.58 bits per heavy atom. The standard InChI is InChI=1S/C23H24N4O4/c1-16(20-5-3-4-13-24-20)26-21-11-8-18(15-22(21)27(29)30)23(28)25-14-12-17-6-9-19(31-2)10-7-17/h3-11,13,15-16,26H,12,14H2,1-2H3,(H,25,28). The maximum atomic E-state index is 12.5. The SMILES string of the molecule is COc1ccc(CCNC(=O)c2ccc(NC(C)c3ccccn3)c([N+](=O)[O-])c2)cc1. The number of amides is 1. The summed E-state index contributed by atoms with van der Waals surface area (Å²) < 4.78 is 5.13. The number of ether oxygens (including phenoxy) is 1. The van der Waals surface area contributed by atoms with E-state index in [0.717, 1.165) is 17.0 Å². The molecule has 1 atom stereocenters. The largest absolute Gasteiger partial charge is 0.497 e. The summed E-state index contributed by atoms with van der Waals surface area (Å²) in [5, 5.41) is 17.5. The Morgan fingerprint density at radius 1 is 1.16 bits per heavy atom. The van der Waals surface area contributed by atoms with E-state index in [4.69, 9.17) is 4.74 Å². The minimum atomic E-state index is -0.498. The van der Waals surface area contributed by atoms with Gasteiger partial charge in [0.15, 0.2) is 0 Å². The number of nitrogens with zero attached hydrogens (tertiary/aromatic N) is 2. The number of carbonyl (C=O) groups excluding carboxylic acids is 1. The fraction of sp³-hybridized carbons (Fsp3) is 0.217. The van der Waals surface area contributed by atoms with Gasteiger partial charge in [-0.15, -0.1) is 0 Å². The van der Waals surface area contributed by atoms with E-state index in [2.05, 4.69) is 15.6 Å². The van der Waals surface area contributed by atoms with Crippen molar-refractivity contribution in [2.24, 2.45) is 0 Å². The van der Waals surface area contributed by atoms with E-state index in [1.165, 1.54) is 6.07 Å². The Kier molecular flexibility index (Phi) is 7.16. The van der Waals surface area contributed by atoms with Crippen molar-refractivity contribution in [1.82, 2.24) is 10.3 Å². The smallest absolute Gasteiger partial charge is 0.293 e. The molecule has 3 rings (SSSR count). The highest BCUT2D eigenvalue weighted by Gasteiger charge is 2.19. The van der Waals surface area contributed by atoms with E-state index in [-0.39, 0.29) is 23.2 Å². The van der Waals surface area contributed by atoms with Crippen LogP contribution < -0.4 is 15.4 Å². The molecule has 0 radical (unpaired) electrons. The zero-order chi connectivity index (χ0) is 22.2. The van der Waals surface area contributed by atoms with Crippen LogP contribution in [0.4, 0.5) is 11.4 Å². The predicted molar refractivity (Wildman–Crippen MR) is 118 cm³/mol. The van der Waals surface area contributed by atoms with Gasteiger partial charge in [-0.2, -0.15) is 0 Å². The molecule has 2 aromatic carbocycles. The first-order valence-electron chi connectivity index (χ1n) is 9.85. The third kappa shape index (κ3) is 5.79. The van der Waals surface area contributed by atoms with Crippen molar-refractivity contribution in [2.75, 3.05) is 19.0 Å². The van der Waals surface area contributed by atoms with E-state index < -0.39 is 4.92 Å². The fourth-order valence-corrected chi connectivity index (χ4v) is 3.10. The minimum Gasteiger partial charge on any atom is -0.497 e. The molecule has 0 fully saturated rings. The second-order valence-electron chi connectivity index (χ2n) is 6.96. The lowest BCUT2D eigenvalue weighted by molar-refractivity contribution is -0.384. The molecule has 8 nitrogen and oxygen atoms in total. The molecule has 0 saturated carbocycles. The summed E-state index contributed by atoms with van der Waals surface area (Å²) in [6.07, 6.45) is 2.31. The summed E-state index contributed by atoms with van der Waals surface area (Å²) in [6.45, 7) is 2.28. The molecule has 31 heavy (non-hydrogen) atoms. The number of hydrogen-bond acceptors (Lipinski definition) is 6. The summed E-state index contributed by atoms with van der Waals surface area (Å²) in [7, 11) is 1.61. The van der Waals surface area contributed by atoms with Gasteiger partial charge in [-0.1, -0.05) is 18.2 Å². The molecule has 0 aliphatic carbocycles. The van der Waals surface area contributed by atoms with Gasteiger partial charge in [0.25, 0.3) is 11.6 Å². The summed E-state index contributed by atoms with van der Waals surface area (Å²) in [5.41, 5.74) is 2.22. The lowest BCUT2D eigenvalue weighted by atomic mass is 10.1. The van der Waals surface area contributed by atoms with Crippen LogP contribution in [-0.4, -0.2) is 29.5 Å². The summed E-state index contributed by atoms with van der Waals surface area (Å²) in [4.78, 5) is 27.8. The molecule has 0 saturated heterocycles. The van der Waals surface area contributed by atoms with Crippen molar-refractivity contribution in [3.63, 3.8) is 0 Å². The van der Waals surface area contributed by atoms with Gasteiger partial charge in [0.2, 0.25) is 0 Å². The molecule has 1 amide bonds. The zero-order valence-corrected chi connectivity index (χ0v) is 17.4. The topological polar surface area (TPSA) is 106 Å². The number of pyridine rings is 1. The lowest BCUT2D eigenvalue weighted by Crippen LogP contribution is -2.25. The van der Waals surface area contributed by atoms with Crippen molar-refractivity contribution in [3.05, 3.63) is 93.8 Å². The van der Waals surface area contributed by atoms with Gasteiger partial charge in [-0.25, -0.2) is 0 Å². The number of nitrogens with one attached hydrogen (secondary N) is 2. The monoisotopic (exact) mass is 420 g/mol. The van der Waals surface area contributed by atoms with Crippen LogP contribution in [0.1, 0.15) is 34.6 Å². The molecular formula is C23H24N4O4. The van der Waals surface area contributed by atoms with Crippen LogP contribution in [0.3, 0.4) is 0 Å². The second-order valence-corrected chi connectivity index (χ2v) is 6.96. The van der Waals surface area contributed by atoms with E-state index >= 15 is 0 Å². The van der Waals surface area contributed by atoms with Gasteiger partial charge in [-0.3, -0.25) is 19.9 Å². The summed E-state index contributed by atoms with van der Waals surface area (Å²) in [5.74, 6) is 0.409. The molecule has 8 heteroatoms. The molecule has 2 N–H and O–H groups in total. The Labute approximate surface area is 180 Å². The number of carbonyl (C=O) groups is 1. The second kappa shape index (κ2) is 10.2. The van der Waals surface area contributed by atoms with Crippen LogP contribution in [-0.2, 0) is 6.42 Å². The van der Waals surface area contributed by atoms with Gasteiger partial charge in [0.05, 0.1) is 23.8 Å². The number of rotatable bonds is 9. The van der Waals surface area contributed by atoms with Gasteiger partial charge in [0, 0.05) is 24.4 Å². The van der Waals surface area contributed by atoms with Crippen molar-refractivity contribution in [1.29, 1.82) is 0 Å². The third-order valence-electron chi connectivity index (χ3n) is 4.82. The van der Waals surface area contributed by atoms with Crippen LogP contribution in [0.2, 0.25) is 0 Å². The van der Waals surface area contributed by atoms with Crippen molar-refractivity contribution in [3.8, 4) is 5.75 Å². The van der Waals surface area contributed by atoms with Crippen molar-refractivity contribution in [2.45, 2.75) is 19.4 Å². The van der Waals surface area contributed by atoms with Gasteiger partial charge in [0.1, 0.15) is 11.4 Å². The van der Waals surface area contributed by atoms with E-state index in [9.17, 15) is 14.9 Å². The quantitative estimate of drug-likeness (QED) is 0.398. The molecule has 0 spiro atoms. The van der Waals surface area contributed by atoms with Crippen molar-refractivity contribution >= 4 is 17.3 Å². The molecule has 1 unspecified atom stereocenters. The Bertz CT molecular complexity index is 1040. The fourth-order valence-electron chi connectivity index (χ4n) is 3.10. The Balaban J connectivity index is 1.65. The average Bonchev–Trinajstić information content (AvgIpc) is 2.80. The highest BCUT2D eigenvalue weighted by atomic mass is 16.6. The van der Waals surface area contributed by atoms with E-state index in [1.807, 2.05) is 43.3 Å². The first-order chi connectivity index (χ1) is 15.0. The van der Waals surface area contributed by atoms with Crippen LogP contribution >= 0.6 is 0 Å². The molecule has 1 heterocycles. The van der Waals surface area contributed by atoms with Crippen molar-refractivity contribution < 1.29 is 14.5 Å². The number of hydrogen-bond donors (Lipinski definition) is 2. The molecular weight excluding hydrogens is 396 g/mol. The van der Waals surface area contributed by atoms with Crippen LogP contribution in [0.15, 0.2) is 66.9 Å². The van der Waals surface area contributed by atoms with Gasteiger partial charge >= 0.3 is 0 Å². The van der Waals surface area contributed by atoms with Gasteiger partial charge < -0.3 is 15.4 Å². The molecule has 0 aliphatic heterocycles. The maximum Gasteiger partial charge on any atom is 0.293 e. The minimum absolute atomic E-state index is 0.161. The highest BCUT2D eigenvalue weighted by Crippen LogP contribution is 2.29. The number of methoxy groups -OCH3 is 1. The molecule has 160 valence electrons. The molecule has 0 aliphatic rings. The first-order valence-corrected chi connectivity index (χ1v) is 9.85. The lowest BCUT2D eigenvalue weighted by Gasteiger charge is -2.15. The first kappa shape index (κ1) is 21.8. The van der Waals surface area contributed by atoms with Crippen LogP contribution in [0, 0.1) is 10.1 Å². The predicted octanol–water partition coefficient (Wildman–Crippen LogP) is 4.14. The number of anilines is 1. The normalized spacial score (nSPS) is 11.4. The average molecular weight is 420 g/mol. The molecule has 3 aromatic rings. The van der Waals surface area contributed by atoms with Crippen LogP contribution in [0.5, 0.6) is 5.75 Å². The van der Waals surface area contributed by atoms with Gasteiger partial charge in [-0.05, 0) is 55.3 Å². The number of nitro benzene ring substituents is 1. The number of aromatic nitrogens is 1. The molecule has 0 bridgehead atoms. The van der Waals surface area contributed by atoms with E-state index in [1.54, 1.807) is 31.5 Å². The Hall–Kier alpha value is -3.94. The summed E-state index contributed by atoms with van der Waals surface area (Å²) >= 11 is 0. The third-order valence-corrected chi connectivity index (χ3v) is 4.82. The summed E-state index contributed by atoms with van der Waals surface area (Å²) in [6, 6.07) is 17.3. The molecule has 1 aromatic heterocycles. The highest BCUT2D eigenvalue weighted by molar-refractivity contribution is 5.95.